The summed E-state index contributed by atoms with van der Waals surface area (Å²) in [4.78, 5) is 13.9. The summed E-state index contributed by atoms with van der Waals surface area (Å²) in [5.74, 6) is 0.338. The molecule has 0 radical (unpaired) electrons. The molecule has 0 N–H and O–H groups in total. The number of unbranched alkanes of at least 4 members (excludes halogenated alkanes) is 1. The molecular formula is C14H27NO. The van der Waals surface area contributed by atoms with Gasteiger partial charge in [0.2, 0.25) is 5.91 Å². The van der Waals surface area contributed by atoms with Crippen LogP contribution in [0.15, 0.2) is 0 Å². The molecule has 0 aliphatic carbocycles. The minimum atomic E-state index is 0.338. The number of carbonyl (C=O) groups excluding carboxylic acids is 1. The van der Waals surface area contributed by atoms with Crippen LogP contribution in [0.4, 0.5) is 0 Å². The molecule has 1 aliphatic rings. The highest BCUT2D eigenvalue weighted by Crippen LogP contribution is 2.34. The van der Waals surface area contributed by atoms with Crippen molar-refractivity contribution in [2.45, 2.75) is 65.7 Å². The van der Waals surface area contributed by atoms with Crippen LogP contribution in [-0.2, 0) is 4.79 Å². The summed E-state index contributed by atoms with van der Waals surface area (Å²) in [7, 11) is 0. The molecular weight excluding hydrogens is 198 g/mol. The molecule has 2 heteroatoms. The number of carbonyl (C=O) groups is 1. The van der Waals surface area contributed by atoms with Crippen LogP contribution in [0.1, 0.15) is 65.7 Å². The molecule has 1 atom stereocenters. The molecule has 1 unspecified atom stereocenters. The Morgan fingerprint density at radius 2 is 2.06 bits per heavy atom. The fraction of sp³-hybridized carbons (Fsp3) is 0.929. The van der Waals surface area contributed by atoms with Gasteiger partial charge in [0, 0.05) is 19.5 Å². The second-order valence-corrected chi connectivity index (χ2v) is 5.54. The van der Waals surface area contributed by atoms with Crippen LogP contribution < -0.4 is 0 Å². The van der Waals surface area contributed by atoms with Gasteiger partial charge in [0.15, 0.2) is 0 Å². The predicted octanol–water partition coefficient (Wildman–Crippen LogP) is 3.61. The van der Waals surface area contributed by atoms with E-state index in [1.54, 1.807) is 0 Å². The molecule has 0 bridgehead atoms. The second-order valence-electron chi connectivity index (χ2n) is 5.54. The lowest BCUT2D eigenvalue weighted by Crippen LogP contribution is -2.38. The van der Waals surface area contributed by atoms with Crippen molar-refractivity contribution in [1.29, 1.82) is 0 Å². The second kappa shape index (κ2) is 6.27. The van der Waals surface area contributed by atoms with E-state index in [1.165, 1.54) is 38.5 Å². The Kier molecular flexibility index (Phi) is 5.30. The van der Waals surface area contributed by atoms with Crippen LogP contribution in [0, 0.1) is 5.41 Å². The fourth-order valence-corrected chi connectivity index (χ4v) is 2.72. The average molecular weight is 225 g/mol. The molecule has 1 aliphatic heterocycles. The van der Waals surface area contributed by atoms with Gasteiger partial charge in [-0.05, 0) is 24.7 Å². The van der Waals surface area contributed by atoms with E-state index in [0.717, 1.165) is 13.1 Å². The topological polar surface area (TPSA) is 20.3 Å². The molecule has 0 saturated carbocycles. The third-order valence-electron chi connectivity index (χ3n) is 3.82. The maximum atomic E-state index is 11.8. The molecule has 1 heterocycles. The van der Waals surface area contributed by atoms with Crippen molar-refractivity contribution in [3.8, 4) is 0 Å². The molecule has 1 saturated heterocycles. The van der Waals surface area contributed by atoms with Crippen LogP contribution in [0.25, 0.3) is 0 Å². The highest BCUT2D eigenvalue weighted by molar-refractivity contribution is 5.75. The summed E-state index contributed by atoms with van der Waals surface area (Å²) < 4.78 is 0. The number of amides is 1. The van der Waals surface area contributed by atoms with Crippen LogP contribution in [0.2, 0.25) is 0 Å². The minimum Gasteiger partial charge on any atom is -0.342 e. The molecule has 94 valence electrons. The Morgan fingerprint density at radius 1 is 1.31 bits per heavy atom. The van der Waals surface area contributed by atoms with Gasteiger partial charge < -0.3 is 4.90 Å². The number of nitrogens with zero attached hydrogens (tertiary/aromatic N) is 1. The number of hydrogen-bond donors (Lipinski definition) is 0. The van der Waals surface area contributed by atoms with Crippen molar-refractivity contribution in [2.75, 3.05) is 13.1 Å². The zero-order valence-corrected chi connectivity index (χ0v) is 11.2. The summed E-state index contributed by atoms with van der Waals surface area (Å²) in [6.07, 6.45) is 8.25. The molecule has 1 rings (SSSR count). The van der Waals surface area contributed by atoms with Gasteiger partial charge in [0.05, 0.1) is 0 Å². The smallest absolute Gasteiger partial charge is 0.222 e. The van der Waals surface area contributed by atoms with E-state index in [1.807, 2.05) is 6.92 Å². The highest BCUT2D eigenvalue weighted by atomic mass is 16.2. The quantitative estimate of drug-likeness (QED) is 0.716. The van der Waals surface area contributed by atoms with Crippen molar-refractivity contribution < 1.29 is 4.79 Å². The number of likely N-dealkylation sites (tertiary alicyclic amines) is 1. The zero-order valence-electron chi connectivity index (χ0n) is 11.2. The lowest BCUT2D eigenvalue weighted by Gasteiger charge is -2.33. The highest BCUT2D eigenvalue weighted by Gasteiger charge is 2.30. The van der Waals surface area contributed by atoms with Crippen molar-refractivity contribution in [3.05, 3.63) is 0 Å². The van der Waals surface area contributed by atoms with E-state index < -0.39 is 0 Å². The van der Waals surface area contributed by atoms with Gasteiger partial charge in [-0.15, -0.1) is 0 Å². The normalized spacial score (nSPS) is 26.6. The maximum absolute atomic E-state index is 11.8. The SMILES string of the molecule is CCCCC1(C)CCCCN(C(=O)CC)C1. The van der Waals surface area contributed by atoms with Crippen molar-refractivity contribution in [2.24, 2.45) is 5.41 Å². The van der Waals surface area contributed by atoms with Crippen molar-refractivity contribution >= 4 is 5.91 Å². The van der Waals surface area contributed by atoms with E-state index >= 15 is 0 Å². The molecule has 1 fully saturated rings. The summed E-state index contributed by atoms with van der Waals surface area (Å²) >= 11 is 0. The van der Waals surface area contributed by atoms with Gasteiger partial charge in [0.1, 0.15) is 0 Å². The van der Waals surface area contributed by atoms with Gasteiger partial charge in [-0.1, -0.05) is 40.0 Å². The van der Waals surface area contributed by atoms with Gasteiger partial charge >= 0.3 is 0 Å². The first-order chi connectivity index (χ1) is 7.61. The largest absolute Gasteiger partial charge is 0.342 e. The Balaban J connectivity index is 2.60. The van der Waals surface area contributed by atoms with E-state index in [4.69, 9.17) is 0 Å². The Labute approximate surface area is 100 Å². The van der Waals surface area contributed by atoms with Crippen molar-refractivity contribution in [3.63, 3.8) is 0 Å². The summed E-state index contributed by atoms with van der Waals surface area (Å²) in [5.41, 5.74) is 0.372. The number of rotatable bonds is 4. The summed E-state index contributed by atoms with van der Waals surface area (Å²) in [6.45, 7) is 8.55. The minimum absolute atomic E-state index is 0.338. The van der Waals surface area contributed by atoms with E-state index in [0.29, 0.717) is 17.7 Å². The molecule has 0 aromatic rings. The first-order valence-corrected chi connectivity index (χ1v) is 6.89. The predicted molar refractivity (Wildman–Crippen MR) is 68.4 cm³/mol. The molecule has 2 nitrogen and oxygen atoms in total. The average Bonchev–Trinajstić information content (AvgIpc) is 2.48. The summed E-state index contributed by atoms with van der Waals surface area (Å²) in [5, 5.41) is 0. The van der Waals surface area contributed by atoms with Gasteiger partial charge in [-0.2, -0.15) is 0 Å². The maximum Gasteiger partial charge on any atom is 0.222 e. The summed E-state index contributed by atoms with van der Waals surface area (Å²) in [6, 6.07) is 0. The van der Waals surface area contributed by atoms with Gasteiger partial charge in [0.25, 0.3) is 0 Å². The van der Waals surface area contributed by atoms with Crippen LogP contribution in [0.5, 0.6) is 0 Å². The van der Waals surface area contributed by atoms with Crippen LogP contribution in [-0.4, -0.2) is 23.9 Å². The molecule has 1 amide bonds. The van der Waals surface area contributed by atoms with E-state index in [2.05, 4.69) is 18.7 Å². The van der Waals surface area contributed by atoms with Crippen molar-refractivity contribution in [1.82, 2.24) is 4.90 Å². The lowest BCUT2D eigenvalue weighted by atomic mass is 9.80. The Morgan fingerprint density at radius 3 is 2.69 bits per heavy atom. The third-order valence-corrected chi connectivity index (χ3v) is 3.82. The number of hydrogen-bond acceptors (Lipinski definition) is 1. The van der Waals surface area contributed by atoms with E-state index in [9.17, 15) is 4.79 Å². The molecule has 0 aromatic heterocycles. The van der Waals surface area contributed by atoms with Gasteiger partial charge in [-0.3, -0.25) is 4.79 Å². The van der Waals surface area contributed by atoms with Crippen LogP contribution >= 0.6 is 0 Å². The Hall–Kier alpha value is -0.530. The molecule has 0 aromatic carbocycles. The molecule has 16 heavy (non-hydrogen) atoms. The standard InChI is InChI=1S/C14H27NO/c1-4-6-9-14(3)10-7-8-11-15(12-14)13(16)5-2/h4-12H2,1-3H3. The first-order valence-electron chi connectivity index (χ1n) is 6.89. The monoisotopic (exact) mass is 225 g/mol. The Bertz CT molecular complexity index is 227. The van der Waals surface area contributed by atoms with Crippen LogP contribution in [0.3, 0.4) is 0 Å². The third kappa shape index (κ3) is 3.80. The first kappa shape index (κ1) is 13.5. The van der Waals surface area contributed by atoms with E-state index in [-0.39, 0.29) is 0 Å². The fourth-order valence-electron chi connectivity index (χ4n) is 2.72. The molecule has 0 spiro atoms. The lowest BCUT2D eigenvalue weighted by molar-refractivity contribution is -0.132. The zero-order chi connectivity index (χ0) is 12.0. The van der Waals surface area contributed by atoms with Gasteiger partial charge in [-0.25, -0.2) is 0 Å².